The predicted molar refractivity (Wildman–Crippen MR) is 493 cm³/mol. The molecular formula is C90H54F3N15O33. The van der Waals surface area contributed by atoms with Gasteiger partial charge in [0.2, 0.25) is 0 Å². The number of hydrogen-bond acceptors (Lipinski definition) is 36. The molecule has 20 aromatic rings. The Hall–Kier alpha value is -18.5. The Morgan fingerprint density at radius 2 is 0.376 bits per heavy atom. The second-order valence-electron chi connectivity index (χ2n) is 34.1. The van der Waals surface area contributed by atoms with E-state index in [1.54, 1.807) is 20.8 Å². The maximum Gasteiger partial charge on any atom is 0.494 e. The first-order valence-electron chi connectivity index (χ1n) is 43.0. The minimum atomic E-state index is -5.43. The third-order valence-electron chi connectivity index (χ3n) is 27.4. The number of halogens is 3. The van der Waals surface area contributed by atoms with Crippen molar-refractivity contribution in [3.05, 3.63) is 311 Å². The van der Waals surface area contributed by atoms with Crippen LogP contribution in [-0.4, -0.2) is 54.8 Å². The Balaban J connectivity index is 0.000000114. The molecule has 23 rings (SSSR count). The van der Waals surface area contributed by atoms with E-state index < -0.39 is 275 Å². The largest absolute Gasteiger partial charge is 0.494 e. The second-order valence-corrected chi connectivity index (χ2v) is 34.1. The zero-order valence-electron chi connectivity index (χ0n) is 72.8. The summed E-state index contributed by atoms with van der Waals surface area (Å²) in [5.74, 6) is 0. The molecule has 3 fully saturated rings. The van der Waals surface area contributed by atoms with Gasteiger partial charge in [-0.1, -0.05) is 57.8 Å². The number of furan rings is 3. The van der Waals surface area contributed by atoms with Gasteiger partial charge in [-0.2, -0.15) is 34.1 Å². The Morgan fingerprint density at radius 3 is 0.532 bits per heavy atom. The fraction of sp³-hybridized carbons (Fsp3) is 0.300. The molecule has 3 saturated carbocycles. The highest BCUT2D eigenvalue weighted by molar-refractivity contribution is 6.29. The number of nitrogens with zero attached hydrogens (tertiary/aromatic N) is 15. The van der Waals surface area contributed by atoms with Crippen LogP contribution in [-0.2, 0) is 40.0 Å². The number of fused-ring (bicyclic) bond motifs is 30. The van der Waals surface area contributed by atoms with Crippen LogP contribution in [0.25, 0.3) is 162 Å². The lowest BCUT2D eigenvalue weighted by Gasteiger charge is -2.21. The van der Waals surface area contributed by atoms with Crippen molar-refractivity contribution in [1.82, 2.24) is 54.8 Å². The highest BCUT2D eigenvalue weighted by atomic mass is 19.4. The van der Waals surface area contributed by atoms with Crippen LogP contribution in [0.1, 0.15) is 135 Å². The smallest absolute Gasteiger partial charge is 0.386 e. The highest BCUT2D eigenvalue weighted by Gasteiger charge is 2.43. The SMILES string of the molecule is CCn1c(=O)c2c3c(=O)n(CC)c(=O)c3c3c(=O)n(CC)c(=O)c3c2c1=O.Cn1c(=O)c2c3c(=O)n(C)c(=O)c3c3c(=O)n(C(F)(F)F)c(=O)c3c2c1=O.N#Cn1c(=O)c2c3c(=O)n(C#N)c(=O)c3c3c(=O)n(C#N)c(=O)c3c2c1=O.O=c1c2c3c(=O)n(C4CCCCC4)c(=O)c3c3c(=O)n(C4CCCCC4)c(=O)c3c2c(=O)n1C1CCCCC1.O=c1oc(=O)c2c1c1c(=O)oc(=O)c1c1c(=O)oc(=O)c21. The van der Waals surface area contributed by atoms with Crippen molar-refractivity contribution >= 4 is 162 Å². The first-order valence-corrected chi connectivity index (χ1v) is 43.0. The number of benzene rings is 5. The summed E-state index contributed by atoms with van der Waals surface area (Å²) in [5, 5.41) is 12.2. The van der Waals surface area contributed by atoms with Crippen LogP contribution in [0.2, 0.25) is 0 Å². The van der Waals surface area contributed by atoms with E-state index in [2.05, 4.69) is 13.3 Å². The average molecular weight is 1930 g/mol. The summed E-state index contributed by atoms with van der Waals surface area (Å²) in [4.78, 5) is 380. The molecule has 0 unspecified atom stereocenters. The molecular weight excluding hydrogens is 1880 g/mol. The maximum atomic E-state index is 14.0. The number of alkyl halides is 3. The van der Waals surface area contributed by atoms with E-state index in [0.29, 0.717) is 47.7 Å². The zero-order chi connectivity index (χ0) is 102. The van der Waals surface area contributed by atoms with E-state index in [1.165, 1.54) is 32.3 Å². The summed E-state index contributed by atoms with van der Waals surface area (Å²) in [6.45, 7) is 4.86. The summed E-state index contributed by atoms with van der Waals surface area (Å²) in [7, 11) is 1.99. The molecule has 0 atom stereocenters. The molecule has 5 aromatic carbocycles. The standard InChI is InChI=1S/C30H33N3O6.C18H15N3O6.C15H6F3N3O6.C15N6O6.C12O9/c34-25-19-20(26(35)31(25)16-10-4-1-5-11-16)22-24(30(39)33(28(22)37)18-14-8-3-9-15-18)23-21(19)27(36)32(29(23)38)17-12-6-2-7-13-17;1-4-19-13(22)7-8(14(19)23)10-12(18(27)21(6-3)16(10)25)11-9(7)15(24)20(5-2)17(11)26;1-19-9(22)3-4-6(12(25)20(2)10(4)23)8-7(5(3)11(19)24)13(26)21(14(8)27)15(16,17)18;16-1-19-10(22)4-5(11(19)23)7-9(15(27)21(3-18)13(7)25)8-6(4)12(24)20(2-17)14(8)26;13-7-1-2(8(14)19-7)4-6(12(18)21-11(4)17)5-3(1)9(15)20-10(5)16/h16-18H,1-15H2;4-6H2,1-3H3;1-2H3;;. The monoisotopic (exact) mass is 1930 g/mol. The Labute approximate surface area is 760 Å². The van der Waals surface area contributed by atoms with E-state index in [1.807, 2.05) is 0 Å². The quantitative estimate of drug-likeness (QED) is 0.157. The molecule has 0 spiro atoms. The Kier molecular flexibility index (Phi) is 20.5. The van der Waals surface area contributed by atoms with E-state index >= 15 is 0 Å². The zero-order valence-corrected chi connectivity index (χ0v) is 72.8. The normalized spacial score (nSPS) is 14.4. The number of hydrogen-bond donors (Lipinski definition) is 0. The van der Waals surface area contributed by atoms with Gasteiger partial charge in [-0.25, -0.2) is 28.8 Å². The molecule has 0 bridgehead atoms. The summed E-state index contributed by atoms with van der Waals surface area (Å²) < 4.78 is 59.0. The van der Waals surface area contributed by atoms with E-state index in [9.17, 15) is 157 Å². The van der Waals surface area contributed by atoms with Gasteiger partial charge in [0, 0.05) is 51.9 Å². The van der Waals surface area contributed by atoms with Crippen LogP contribution >= 0.6 is 0 Å². The average Bonchev–Trinajstić information content (AvgIpc) is 1.52. The molecule has 0 aliphatic heterocycles. The van der Waals surface area contributed by atoms with Gasteiger partial charge in [0.15, 0.2) is 18.6 Å². The predicted octanol–water partition coefficient (Wildman–Crippen LogP) is -3.39. The highest BCUT2D eigenvalue weighted by Crippen LogP contribution is 2.37. The molecule has 0 radical (unpaired) electrons. The fourth-order valence-corrected chi connectivity index (χ4v) is 21.2. The molecule has 3 aliphatic carbocycles. The molecule has 0 amide bonds. The third kappa shape index (κ3) is 11.8. The lowest BCUT2D eigenvalue weighted by molar-refractivity contribution is -0.207. The van der Waals surface area contributed by atoms with E-state index in [4.69, 9.17) is 15.8 Å². The minimum Gasteiger partial charge on any atom is -0.386 e. The van der Waals surface area contributed by atoms with E-state index in [-0.39, 0.29) is 116 Å². The second kappa shape index (κ2) is 31.5. The van der Waals surface area contributed by atoms with Gasteiger partial charge < -0.3 is 13.3 Å². The first kappa shape index (κ1) is 91.6. The summed E-state index contributed by atoms with van der Waals surface area (Å²) in [6.07, 6.45) is 10.8. The van der Waals surface area contributed by atoms with Crippen molar-refractivity contribution in [2.24, 2.45) is 14.1 Å². The van der Waals surface area contributed by atoms with Crippen molar-refractivity contribution in [2.45, 2.75) is 161 Å². The molecule has 51 heteroatoms. The maximum absolute atomic E-state index is 14.0. The van der Waals surface area contributed by atoms with Crippen molar-refractivity contribution in [3.8, 4) is 18.6 Å². The van der Waals surface area contributed by atoms with Crippen LogP contribution in [0.15, 0.2) is 157 Å². The van der Waals surface area contributed by atoms with Gasteiger partial charge in [-0.3, -0.25) is 152 Å². The molecule has 708 valence electrons. The molecule has 48 nitrogen and oxygen atoms in total. The Morgan fingerprint density at radius 1 is 0.227 bits per heavy atom. The summed E-state index contributed by atoms with van der Waals surface area (Å²) in [5.41, 5.74) is -31.1. The first-order chi connectivity index (χ1) is 66.9. The molecule has 0 saturated heterocycles. The van der Waals surface area contributed by atoms with Crippen LogP contribution < -0.4 is 167 Å². The summed E-state index contributed by atoms with van der Waals surface area (Å²) >= 11 is 0. The van der Waals surface area contributed by atoms with Crippen LogP contribution in [0.3, 0.4) is 0 Å². The Bertz CT molecular complexity index is 9870. The molecule has 0 N–H and O–H groups in total. The molecule has 3 aliphatic rings. The van der Waals surface area contributed by atoms with E-state index in [0.717, 1.165) is 85.6 Å². The molecule has 141 heavy (non-hydrogen) atoms. The van der Waals surface area contributed by atoms with Gasteiger partial charge in [0.1, 0.15) is 0 Å². The van der Waals surface area contributed by atoms with Crippen molar-refractivity contribution in [3.63, 3.8) is 0 Å². The van der Waals surface area contributed by atoms with Crippen molar-refractivity contribution < 1.29 is 26.4 Å². The number of aromatic nitrogens is 12. The van der Waals surface area contributed by atoms with Gasteiger partial charge >= 0.3 is 40.1 Å². The fourth-order valence-electron chi connectivity index (χ4n) is 21.2. The summed E-state index contributed by atoms with van der Waals surface area (Å²) in [6, 6.07) is -0.956. The molecule has 15 heterocycles. The van der Waals surface area contributed by atoms with Crippen LogP contribution in [0.5, 0.6) is 0 Å². The minimum absolute atomic E-state index is 0.0369. The van der Waals surface area contributed by atoms with Crippen molar-refractivity contribution in [2.75, 3.05) is 0 Å². The number of rotatable bonds is 6. The van der Waals surface area contributed by atoms with Gasteiger partial charge in [0.05, 0.1) is 162 Å². The topological polar surface area (TPSA) is 682 Å². The van der Waals surface area contributed by atoms with Gasteiger partial charge in [0.25, 0.3) is 133 Å². The lowest BCUT2D eigenvalue weighted by Crippen LogP contribution is -2.36. The van der Waals surface area contributed by atoms with Gasteiger partial charge in [-0.15, -0.1) is 13.2 Å². The number of nitriles is 3. The van der Waals surface area contributed by atoms with Crippen LogP contribution in [0, 0.1) is 34.4 Å². The van der Waals surface area contributed by atoms with Crippen molar-refractivity contribution in [1.29, 1.82) is 15.8 Å². The molecule has 15 aromatic heterocycles. The van der Waals surface area contributed by atoms with Gasteiger partial charge in [-0.05, 0) is 59.3 Å². The lowest BCUT2D eigenvalue weighted by atomic mass is 9.95. The third-order valence-corrected chi connectivity index (χ3v) is 27.4. The van der Waals surface area contributed by atoms with Crippen LogP contribution in [0.4, 0.5) is 13.2 Å².